The quantitative estimate of drug-likeness (QED) is 0.220. The Balaban J connectivity index is 0.000000211. The van der Waals surface area contributed by atoms with Crippen LogP contribution < -0.4 is 9.47 Å². The molecule has 0 aliphatic heterocycles. The lowest BCUT2D eigenvalue weighted by molar-refractivity contribution is 0.145. The van der Waals surface area contributed by atoms with Gasteiger partial charge in [-0.25, -0.2) is 35.7 Å². The summed E-state index contributed by atoms with van der Waals surface area (Å²) in [5.74, 6) is -1.31. The van der Waals surface area contributed by atoms with Gasteiger partial charge >= 0.3 is 0 Å². The highest BCUT2D eigenvalue weighted by Crippen LogP contribution is 2.29. The molecular weight excluding hydrogens is 590 g/mol. The van der Waals surface area contributed by atoms with E-state index in [0.29, 0.717) is 5.69 Å². The van der Waals surface area contributed by atoms with Crippen molar-refractivity contribution in [3.8, 4) is 22.9 Å². The standard InChI is InChI=1S/C11H9BrF3N3O.C11H10F3N3O2/c1-19-9-3-2-8(6(4-12)10(9)13)18-5-7(11(14)15)16-17-18;1-19-9-3-2-8(6(5-18)10(9)12)17-4-7(11(13)14)15-16-17/h2-3,5,11H,4H2,1H3;2-4,11,18H,5H2,1H3. The molecule has 0 unspecified atom stereocenters. The highest BCUT2D eigenvalue weighted by Gasteiger charge is 2.19. The van der Waals surface area contributed by atoms with Crippen molar-refractivity contribution in [3.63, 3.8) is 0 Å². The van der Waals surface area contributed by atoms with Crippen molar-refractivity contribution in [2.45, 2.75) is 24.8 Å². The fourth-order valence-electron chi connectivity index (χ4n) is 3.19. The SMILES string of the molecule is COc1ccc(-n2cc(C(F)F)nn2)c(CBr)c1F.COc1ccc(-n2cc(C(F)F)nn2)c(CO)c1F. The van der Waals surface area contributed by atoms with E-state index in [1.807, 2.05) is 0 Å². The third-order valence-corrected chi connectivity index (χ3v) is 5.62. The van der Waals surface area contributed by atoms with Crippen LogP contribution in [0.15, 0.2) is 36.7 Å². The lowest BCUT2D eigenvalue weighted by Gasteiger charge is -2.10. The molecule has 0 amide bonds. The summed E-state index contributed by atoms with van der Waals surface area (Å²) in [5, 5.41) is 23.0. The molecule has 204 valence electrons. The molecule has 0 saturated heterocycles. The Morgan fingerprint density at radius 1 is 0.789 bits per heavy atom. The Bertz CT molecular complexity index is 1280. The molecule has 16 heteroatoms. The summed E-state index contributed by atoms with van der Waals surface area (Å²) < 4.78 is 89.4. The van der Waals surface area contributed by atoms with Gasteiger partial charge in [0.15, 0.2) is 23.1 Å². The van der Waals surface area contributed by atoms with Gasteiger partial charge in [-0.15, -0.1) is 10.2 Å². The van der Waals surface area contributed by atoms with Gasteiger partial charge in [0.2, 0.25) is 0 Å². The molecule has 0 aliphatic carbocycles. The van der Waals surface area contributed by atoms with Crippen LogP contribution >= 0.6 is 15.9 Å². The number of aromatic nitrogens is 6. The summed E-state index contributed by atoms with van der Waals surface area (Å²) in [4.78, 5) is 0. The van der Waals surface area contributed by atoms with Crippen LogP contribution in [0.5, 0.6) is 11.5 Å². The predicted molar refractivity (Wildman–Crippen MR) is 124 cm³/mol. The first kappa shape index (κ1) is 28.9. The number of benzene rings is 2. The summed E-state index contributed by atoms with van der Waals surface area (Å²) in [6, 6.07) is 5.65. The number of nitrogens with zero attached hydrogens (tertiary/aromatic N) is 6. The van der Waals surface area contributed by atoms with Crippen molar-refractivity contribution in [1.29, 1.82) is 0 Å². The molecule has 0 saturated carbocycles. The lowest BCUT2D eigenvalue weighted by atomic mass is 10.1. The van der Waals surface area contributed by atoms with Crippen LogP contribution in [0.25, 0.3) is 11.4 Å². The third-order valence-electron chi connectivity index (χ3n) is 5.06. The maximum Gasteiger partial charge on any atom is 0.283 e. The summed E-state index contributed by atoms with van der Waals surface area (Å²) in [5.41, 5.74) is -0.387. The van der Waals surface area contributed by atoms with Crippen molar-refractivity contribution in [1.82, 2.24) is 30.0 Å². The summed E-state index contributed by atoms with van der Waals surface area (Å²) in [6.07, 6.45) is -3.44. The van der Waals surface area contributed by atoms with Gasteiger partial charge in [0, 0.05) is 16.5 Å². The summed E-state index contributed by atoms with van der Waals surface area (Å²) in [6.45, 7) is -0.623. The number of aliphatic hydroxyl groups excluding tert-OH is 1. The zero-order chi connectivity index (χ0) is 28.0. The lowest BCUT2D eigenvalue weighted by Crippen LogP contribution is -2.05. The fraction of sp³-hybridized carbons (Fsp3) is 0.273. The zero-order valence-corrected chi connectivity index (χ0v) is 21.2. The molecule has 0 atom stereocenters. The molecule has 2 aromatic heterocycles. The second-order valence-corrected chi connectivity index (χ2v) is 7.79. The molecule has 0 fully saturated rings. The minimum Gasteiger partial charge on any atom is -0.494 e. The average Bonchev–Trinajstić information content (AvgIpc) is 3.59. The fourth-order valence-corrected chi connectivity index (χ4v) is 3.72. The molecule has 4 aromatic rings. The first-order valence-corrected chi connectivity index (χ1v) is 11.6. The van der Waals surface area contributed by atoms with Crippen LogP contribution in [-0.4, -0.2) is 49.3 Å². The number of hydrogen-bond acceptors (Lipinski definition) is 7. The van der Waals surface area contributed by atoms with Crippen molar-refractivity contribution < 1.29 is 40.9 Å². The van der Waals surface area contributed by atoms with E-state index in [2.05, 4.69) is 36.6 Å². The van der Waals surface area contributed by atoms with Crippen LogP contribution in [0, 0.1) is 11.6 Å². The molecule has 0 radical (unpaired) electrons. The molecule has 0 spiro atoms. The van der Waals surface area contributed by atoms with Crippen LogP contribution in [0.4, 0.5) is 26.3 Å². The minimum absolute atomic E-state index is 0.0537. The van der Waals surface area contributed by atoms with Crippen molar-refractivity contribution in [3.05, 3.63) is 70.8 Å². The van der Waals surface area contributed by atoms with E-state index in [1.165, 1.54) is 38.5 Å². The number of ether oxygens (including phenoxy) is 2. The second kappa shape index (κ2) is 12.7. The van der Waals surface area contributed by atoms with Crippen LogP contribution in [-0.2, 0) is 11.9 Å². The van der Waals surface area contributed by atoms with E-state index in [0.717, 1.165) is 21.8 Å². The van der Waals surface area contributed by atoms with Crippen LogP contribution in [0.3, 0.4) is 0 Å². The Hall–Kier alpha value is -3.66. The topological polar surface area (TPSA) is 100 Å². The normalized spacial score (nSPS) is 11.1. The maximum absolute atomic E-state index is 14.0. The molecule has 9 nitrogen and oxygen atoms in total. The summed E-state index contributed by atoms with van der Waals surface area (Å²) in [7, 11) is 2.63. The highest BCUT2D eigenvalue weighted by molar-refractivity contribution is 9.08. The second-order valence-electron chi connectivity index (χ2n) is 7.23. The van der Waals surface area contributed by atoms with Crippen molar-refractivity contribution >= 4 is 15.9 Å². The van der Waals surface area contributed by atoms with Gasteiger partial charge in [0.05, 0.1) is 44.6 Å². The van der Waals surface area contributed by atoms with Gasteiger partial charge in [0.25, 0.3) is 12.9 Å². The number of halogens is 7. The monoisotopic (exact) mass is 608 g/mol. The van der Waals surface area contributed by atoms with Crippen LogP contribution in [0.2, 0.25) is 0 Å². The molecule has 2 heterocycles. The molecule has 38 heavy (non-hydrogen) atoms. The van der Waals surface area contributed by atoms with E-state index < -0.39 is 42.5 Å². The Morgan fingerprint density at radius 2 is 1.21 bits per heavy atom. The van der Waals surface area contributed by atoms with Gasteiger partial charge in [-0.1, -0.05) is 26.4 Å². The number of hydrogen-bond donors (Lipinski definition) is 1. The Morgan fingerprint density at radius 3 is 1.55 bits per heavy atom. The maximum atomic E-state index is 14.0. The highest BCUT2D eigenvalue weighted by atomic mass is 79.9. The Kier molecular flexibility index (Phi) is 9.68. The van der Waals surface area contributed by atoms with E-state index in [4.69, 9.17) is 9.47 Å². The van der Waals surface area contributed by atoms with Gasteiger partial charge < -0.3 is 14.6 Å². The Labute approximate surface area is 219 Å². The van der Waals surface area contributed by atoms with E-state index in [9.17, 15) is 31.4 Å². The molecule has 1 N–H and O–H groups in total. The largest absolute Gasteiger partial charge is 0.494 e. The van der Waals surface area contributed by atoms with Gasteiger partial charge in [-0.05, 0) is 24.3 Å². The first-order valence-electron chi connectivity index (χ1n) is 10.5. The van der Waals surface area contributed by atoms with E-state index >= 15 is 0 Å². The predicted octanol–water partition coefficient (Wildman–Crippen LogP) is 5.09. The first-order chi connectivity index (χ1) is 18.2. The van der Waals surface area contributed by atoms with Gasteiger partial charge in [0.1, 0.15) is 11.4 Å². The average molecular weight is 609 g/mol. The molecule has 0 bridgehead atoms. The van der Waals surface area contributed by atoms with Crippen molar-refractivity contribution in [2.24, 2.45) is 0 Å². The molecule has 0 aliphatic rings. The van der Waals surface area contributed by atoms with Crippen LogP contribution in [0.1, 0.15) is 35.4 Å². The number of aliphatic hydroxyl groups is 1. The van der Waals surface area contributed by atoms with Crippen molar-refractivity contribution in [2.75, 3.05) is 14.2 Å². The van der Waals surface area contributed by atoms with E-state index in [-0.39, 0.29) is 33.6 Å². The number of rotatable bonds is 8. The van der Waals surface area contributed by atoms with Gasteiger partial charge in [-0.2, -0.15) is 0 Å². The minimum atomic E-state index is -2.77. The third kappa shape index (κ3) is 6.07. The number of alkyl halides is 5. The van der Waals surface area contributed by atoms with E-state index in [1.54, 1.807) is 0 Å². The van der Waals surface area contributed by atoms with Gasteiger partial charge in [-0.3, -0.25) is 0 Å². The zero-order valence-electron chi connectivity index (χ0n) is 19.6. The molecule has 2 aromatic carbocycles. The summed E-state index contributed by atoms with van der Waals surface area (Å²) >= 11 is 3.15. The molecule has 4 rings (SSSR count). The number of methoxy groups -OCH3 is 2. The smallest absolute Gasteiger partial charge is 0.283 e. The molecular formula is C22H19BrF6N6O3.